The molecule has 2 aromatic carbocycles. The molecular weight excluding hydrogens is 484 g/mol. The number of aryl methyl sites for hydroxylation is 1. The first-order valence-electron chi connectivity index (χ1n) is 9.43. The molecule has 1 heterocycles. The van der Waals surface area contributed by atoms with Crippen molar-refractivity contribution in [3.63, 3.8) is 0 Å². The van der Waals surface area contributed by atoms with E-state index >= 15 is 0 Å². The number of hydrogen-bond acceptors (Lipinski definition) is 3. The molecule has 1 fully saturated rings. The number of piperazine rings is 1. The number of nitrogens with one attached hydrogen (secondary N) is 1. The monoisotopic (exact) mass is 511 g/mol. The van der Waals surface area contributed by atoms with Crippen molar-refractivity contribution in [2.24, 2.45) is 10.7 Å². The maximum Gasteiger partial charge on any atom is 0.224 e. The lowest BCUT2D eigenvalue weighted by Gasteiger charge is -2.36. The van der Waals surface area contributed by atoms with Crippen molar-refractivity contribution in [3.8, 4) is 0 Å². The van der Waals surface area contributed by atoms with Crippen molar-refractivity contribution in [1.29, 1.82) is 0 Å². The Morgan fingerprint density at radius 3 is 2.31 bits per heavy atom. The Morgan fingerprint density at radius 1 is 1.07 bits per heavy atom. The number of nitrogens with zero attached hydrogens (tertiary/aromatic N) is 3. The third-order valence-electron chi connectivity index (χ3n) is 4.76. The summed E-state index contributed by atoms with van der Waals surface area (Å²) in [5.74, 6) is 0.137. The summed E-state index contributed by atoms with van der Waals surface area (Å²) < 4.78 is 13.0. The summed E-state index contributed by atoms with van der Waals surface area (Å²) in [7, 11) is 0. The van der Waals surface area contributed by atoms with Crippen LogP contribution in [0.2, 0.25) is 0 Å². The van der Waals surface area contributed by atoms with Gasteiger partial charge in [0.05, 0.1) is 6.54 Å². The summed E-state index contributed by atoms with van der Waals surface area (Å²) in [6, 6.07) is 14.3. The molecule has 0 aromatic heterocycles. The molecule has 0 unspecified atom stereocenters. The number of amides is 1. The molecule has 0 spiro atoms. The maximum absolute atomic E-state index is 13.0. The number of aliphatic imine (C=N–C) groups is 1. The Labute approximate surface area is 188 Å². The van der Waals surface area contributed by atoms with Gasteiger partial charge in [0.15, 0.2) is 5.96 Å². The Hall–Kier alpha value is -2.36. The quantitative estimate of drug-likeness (QED) is 0.368. The van der Waals surface area contributed by atoms with Crippen LogP contribution < -0.4 is 16.0 Å². The highest BCUT2D eigenvalue weighted by Gasteiger charge is 2.20. The predicted molar refractivity (Wildman–Crippen MR) is 127 cm³/mol. The summed E-state index contributed by atoms with van der Waals surface area (Å²) in [5, 5.41) is 3.02. The zero-order valence-electron chi connectivity index (χ0n) is 16.5. The van der Waals surface area contributed by atoms with E-state index in [0.29, 0.717) is 32.0 Å². The average molecular weight is 511 g/mol. The fourth-order valence-corrected chi connectivity index (χ4v) is 3.12. The van der Waals surface area contributed by atoms with Crippen molar-refractivity contribution in [1.82, 2.24) is 4.90 Å². The highest BCUT2D eigenvalue weighted by atomic mass is 127. The number of carbonyl (C=O) groups excluding carboxylic acids is 1. The standard InChI is InChI=1S/C21H26FN5O.HI/c1-16-2-6-18(7-3-16)25-21(23)24-11-10-20(28)27-14-12-26(13-15-27)19-8-4-17(22)5-9-19;/h2-9H,10-15H2,1H3,(H3,23,24,25);1H. The molecule has 0 bridgehead atoms. The van der Waals surface area contributed by atoms with Gasteiger partial charge in [-0.2, -0.15) is 0 Å². The van der Waals surface area contributed by atoms with Crippen LogP contribution in [0.3, 0.4) is 0 Å². The first-order valence-corrected chi connectivity index (χ1v) is 9.43. The highest BCUT2D eigenvalue weighted by molar-refractivity contribution is 14.0. The average Bonchev–Trinajstić information content (AvgIpc) is 2.70. The van der Waals surface area contributed by atoms with Crippen LogP contribution in [-0.2, 0) is 4.79 Å². The maximum atomic E-state index is 13.0. The molecule has 0 atom stereocenters. The summed E-state index contributed by atoms with van der Waals surface area (Å²) >= 11 is 0. The minimum atomic E-state index is -0.241. The van der Waals surface area contributed by atoms with Gasteiger partial charge < -0.3 is 20.9 Å². The lowest BCUT2D eigenvalue weighted by molar-refractivity contribution is -0.131. The second kappa shape index (κ2) is 11.0. The normalized spacial score (nSPS) is 14.3. The molecule has 3 N–H and O–H groups in total. The Morgan fingerprint density at radius 2 is 1.69 bits per heavy atom. The van der Waals surface area contributed by atoms with Crippen LogP contribution in [0.4, 0.5) is 15.8 Å². The van der Waals surface area contributed by atoms with Crippen LogP contribution in [0.5, 0.6) is 0 Å². The molecule has 0 saturated carbocycles. The van der Waals surface area contributed by atoms with Gasteiger partial charge >= 0.3 is 0 Å². The van der Waals surface area contributed by atoms with Crippen molar-refractivity contribution >= 4 is 47.2 Å². The molecule has 3 rings (SSSR count). The lowest BCUT2D eigenvalue weighted by Crippen LogP contribution is -2.48. The number of guanidine groups is 1. The van der Waals surface area contributed by atoms with E-state index in [1.54, 1.807) is 12.1 Å². The molecular formula is C21H27FIN5O. The lowest BCUT2D eigenvalue weighted by atomic mass is 10.2. The van der Waals surface area contributed by atoms with Gasteiger partial charge in [0.2, 0.25) is 5.91 Å². The van der Waals surface area contributed by atoms with Crippen LogP contribution in [0.1, 0.15) is 12.0 Å². The first kappa shape index (κ1) is 22.9. The van der Waals surface area contributed by atoms with Gasteiger partial charge in [0, 0.05) is 44.0 Å². The molecule has 1 saturated heterocycles. The van der Waals surface area contributed by atoms with Gasteiger partial charge in [0.25, 0.3) is 0 Å². The Bertz CT molecular complexity index is 818. The van der Waals surface area contributed by atoms with Crippen LogP contribution in [0.25, 0.3) is 0 Å². The second-order valence-corrected chi connectivity index (χ2v) is 6.85. The number of nitrogens with two attached hydrogens (primary N) is 1. The first-order chi connectivity index (χ1) is 13.5. The third-order valence-corrected chi connectivity index (χ3v) is 4.76. The van der Waals surface area contributed by atoms with Gasteiger partial charge in [-0.25, -0.2) is 4.39 Å². The molecule has 0 radical (unpaired) electrons. The molecule has 1 amide bonds. The number of rotatable bonds is 5. The Balaban J connectivity index is 0.00000300. The number of halogens is 2. The van der Waals surface area contributed by atoms with Crippen LogP contribution >= 0.6 is 24.0 Å². The van der Waals surface area contributed by atoms with E-state index in [1.165, 1.54) is 17.7 Å². The molecule has 6 nitrogen and oxygen atoms in total. The fourth-order valence-electron chi connectivity index (χ4n) is 3.12. The number of carbonyl (C=O) groups is 1. The molecule has 0 aliphatic carbocycles. The van der Waals surface area contributed by atoms with E-state index in [-0.39, 0.29) is 35.7 Å². The fraction of sp³-hybridized carbons (Fsp3) is 0.333. The topological polar surface area (TPSA) is 74.0 Å². The minimum absolute atomic E-state index is 0. The van der Waals surface area contributed by atoms with Crippen molar-refractivity contribution < 1.29 is 9.18 Å². The summed E-state index contributed by atoms with van der Waals surface area (Å²) in [6.45, 7) is 5.14. The molecule has 1 aliphatic rings. The third kappa shape index (κ3) is 6.88. The zero-order valence-corrected chi connectivity index (χ0v) is 18.8. The van der Waals surface area contributed by atoms with E-state index in [1.807, 2.05) is 36.1 Å². The van der Waals surface area contributed by atoms with E-state index < -0.39 is 0 Å². The van der Waals surface area contributed by atoms with Gasteiger partial charge in [0.1, 0.15) is 5.82 Å². The van der Waals surface area contributed by atoms with E-state index in [4.69, 9.17) is 5.73 Å². The molecule has 156 valence electrons. The minimum Gasteiger partial charge on any atom is -0.370 e. The highest BCUT2D eigenvalue weighted by Crippen LogP contribution is 2.17. The molecule has 2 aromatic rings. The van der Waals surface area contributed by atoms with Crippen LogP contribution in [0, 0.1) is 12.7 Å². The van der Waals surface area contributed by atoms with Crippen molar-refractivity contribution in [3.05, 3.63) is 59.9 Å². The SMILES string of the molecule is Cc1ccc(NC(N)=NCCC(=O)N2CCN(c3ccc(F)cc3)CC2)cc1.I. The number of anilines is 2. The zero-order chi connectivity index (χ0) is 19.9. The van der Waals surface area contributed by atoms with E-state index in [0.717, 1.165) is 24.5 Å². The summed E-state index contributed by atoms with van der Waals surface area (Å²) in [6.07, 6.45) is 0.326. The predicted octanol–water partition coefficient (Wildman–Crippen LogP) is 3.22. The summed E-state index contributed by atoms with van der Waals surface area (Å²) in [5.41, 5.74) is 8.90. The Kier molecular flexibility index (Phi) is 8.69. The largest absolute Gasteiger partial charge is 0.370 e. The molecule has 1 aliphatic heterocycles. The van der Waals surface area contributed by atoms with Gasteiger partial charge in [-0.3, -0.25) is 9.79 Å². The molecule has 29 heavy (non-hydrogen) atoms. The van der Waals surface area contributed by atoms with E-state index in [2.05, 4.69) is 15.2 Å². The number of hydrogen-bond donors (Lipinski definition) is 2. The van der Waals surface area contributed by atoms with E-state index in [9.17, 15) is 9.18 Å². The van der Waals surface area contributed by atoms with Crippen molar-refractivity contribution in [2.45, 2.75) is 13.3 Å². The van der Waals surface area contributed by atoms with Gasteiger partial charge in [-0.1, -0.05) is 17.7 Å². The smallest absolute Gasteiger partial charge is 0.224 e. The van der Waals surface area contributed by atoms with Crippen LogP contribution in [0.15, 0.2) is 53.5 Å². The molecule has 8 heteroatoms. The summed E-state index contributed by atoms with van der Waals surface area (Å²) in [4.78, 5) is 20.6. The van der Waals surface area contributed by atoms with Gasteiger partial charge in [-0.05, 0) is 43.3 Å². The number of benzene rings is 2. The second-order valence-electron chi connectivity index (χ2n) is 6.85. The van der Waals surface area contributed by atoms with Gasteiger partial charge in [-0.15, -0.1) is 24.0 Å². The van der Waals surface area contributed by atoms with Crippen molar-refractivity contribution in [2.75, 3.05) is 42.9 Å². The van der Waals surface area contributed by atoms with Crippen LogP contribution in [-0.4, -0.2) is 49.5 Å².